The summed E-state index contributed by atoms with van der Waals surface area (Å²) in [4.78, 5) is 12.1. The Labute approximate surface area is 133 Å². The second-order valence-electron chi connectivity index (χ2n) is 5.25. The van der Waals surface area contributed by atoms with E-state index in [1.165, 1.54) is 12.4 Å². The standard InChI is InChI=1S/C15H19N5O3/c1-22-7-5-20-10-12-3-6-23-13(14(12)19-20)9-16-15(21)11-2-4-17-18-8-11/h2,4,8,10,13H,3,5-7,9H2,1H3,(H,16,21)/t13-/m1/s1. The Morgan fingerprint density at radius 3 is 3.22 bits per heavy atom. The number of amides is 1. The number of carbonyl (C=O) groups is 1. The first kappa shape index (κ1) is 15.6. The third-order valence-corrected chi connectivity index (χ3v) is 3.68. The van der Waals surface area contributed by atoms with Crippen LogP contribution in [-0.2, 0) is 22.4 Å². The zero-order valence-corrected chi connectivity index (χ0v) is 12.9. The molecule has 3 rings (SSSR count). The number of hydrogen-bond acceptors (Lipinski definition) is 6. The zero-order valence-electron chi connectivity index (χ0n) is 12.9. The molecule has 0 bridgehead atoms. The van der Waals surface area contributed by atoms with Gasteiger partial charge in [0.15, 0.2) is 0 Å². The Morgan fingerprint density at radius 1 is 1.52 bits per heavy atom. The molecular weight excluding hydrogens is 298 g/mol. The highest BCUT2D eigenvalue weighted by Crippen LogP contribution is 2.25. The second-order valence-corrected chi connectivity index (χ2v) is 5.25. The van der Waals surface area contributed by atoms with Crippen LogP contribution in [0.1, 0.15) is 27.7 Å². The van der Waals surface area contributed by atoms with Crippen LogP contribution >= 0.6 is 0 Å². The molecule has 0 fully saturated rings. The molecule has 122 valence electrons. The number of carbonyl (C=O) groups excluding carboxylic acids is 1. The smallest absolute Gasteiger partial charge is 0.253 e. The monoisotopic (exact) mass is 317 g/mol. The maximum atomic E-state index is 12.1. The lowest BCUT2D eigenvalue weighted by Crippen LogP contribution is -2.32. The van der Waals surface area contributed by atoms with Crippen LogP contribution in [0, 0.1) is 0 Å². The van der Waals surface area contributed by atoms with Gasteiger partial charge in [-0.15, -0.1) is 0 Å². The Bertz CT molecular complexity index is 658. The minimum atomic E-state index is -0.235. The van der Waals surface area contributed by atoms with Gasteiger partial charge in [0.2, 0.25) is 0 Å². The van der Waals surface area contributed by atoms with Crippen molar-refractivity contribution >= 4 is 5.91 Å². The van der Waals surface area contributed by atoms with Crippen molar-refractivity contribution in [2.45, 2.75) is 19.1 Å². The molecule has 1 atom stereocenters. The predicted octanol–water partition coefficient (Wildman–Crippen LogP) is 0.363. The fourth-order valence-corrected chi connectivity index (χ4v) is 2.50. The molecule has 8 nitrogen and oxygen atoms in total. The van der Waals surface area contributed by atoms with Gasteiger partial charge in [-0.05, 0) is 18.1 Å². The van der Waals surface area contributed by atoms with Crippen LogP contribution in [0.3, 0.4) is 0 Å². The minimum Gasteiger partial charge on any atom is -0.383 e. The summed E-state index contributed by atoms with van der Waals surface area (Å²) >= 11 is 0. The summed E-state index contributed by atoms with van der Waals surface area (Å²) in [5, 5.41) is 14.8. The van der Waals surface area contributed by atoms with Gasteiger partial charge >= 0.3 is 0 Å². The topological polar surface area (TPSA) is 91.2 Å². The Kier molecular flexibility index (Phi) is 4.94. The molecule has 2 aromatic heterocycles. The molecule has 1 aliphatic heterocycles. The van der Waals surface area contributed by atoms with E-state index in [1.807, 2.05) is 10.9 Å². The van der Waals surface area contributed by atoms with Crippen LogP contribution in [0.4, 0.5) is 0 Å². The van der Waals surface area contributed by atoms with Gasteiger partial charge in [0.1, 0.15) is 6.10 Å². The van der Waals surface area contributed by atoms with Gasteiger partial charge in [-0.2, -0.15) is 15.3 Å². The predicted molar refractivity (Wildman–Crippen MR) is 80.9 cm³/mol. The minimum absolute atomic E-state index is 0.200. The van der Waals surface area contributed by atoms with Crippen LogP contribution in [0.25, 0.3) is 0 Å². The molecule has 1 aliphatic rings. The number of hydrogen-bond donors (Lipinski definition) is 1. The zero-order chi connectivity index (χ0) is 16.1. The van der Waals surface area contributed by atoms with Crippen molar-refractivity contribution in [2.24, 2.45) is 0 Å². The molecule has 1 amide bonds. The van der Waals surface area contributed by atoms with Crippen LogP contribution in [0.5, 0.6) is 0 Å². The van der Waals surface area contributed by atoms with Gasteiger partial charge in [-0.1, -0.05) is 0 Å². The van der Waals surface area contributed by atoms with Crippen molar-refractivity contribution in [2.75, 3.05) is 26.9 Å². The molecule has 0 aliphatic carbocycles. The molecule has 2 aromatic rings. The molecule has 1 N–H and O–H groups in total. The van der Waals surface area contributed by atoms with E-state index in [9.17, 15) is 4.79 Å². The molecule has 23 heavy (non-hydrogen) atoms. The number of ether oxygens (including phenoxy) is 2. The van der Waals surface area contributed by atoms with Gasteiger partial charge in [0.05, 0.1) is 43.4 Å². The van der Waals surface area contributed by atoms with Crippen molar-refractivity contribution in [1.82, 2.24) is 25.3 Å². The van der Waals surface area contributed by atoms with Gasteiger partial charge in [0, 0.05) is 19.9 Å². The molecule has 0 spiro atoms. The summed E-state index contributed by atoms with van der Waals surface area (Å²) in [5.74, 6) is -0.200. The first-order valence-electron chi connectivity index (χ1n) is 7.49. The van der Waals surface area contributed by atoms with Crippen LogP contribution in [0.15, 0.2) is 24.7 Å². The summed E-state index contributed by atoms with van der Waals surface area (Å²) in [7, 11) is 1.67. The Morgan fingerprint density at radius 2 is 2.43 bits per heavy atom. The molecule has 0 saturated heterocycles. The van der Waals surface area contributed by atoms with Crippen molar-refractivity contribution in [1.29, 1.82) is 0 Å². The van der Waals surface area contributed by atoms with Crippen LogP contribution in [0.2, 0.25) is 0 Å². The second kappa shape index (κ2) is 7.30. The highest BCUT2D eigenvalue weighted by atomic mass is 16.5. The normalized spacial score (nSPS) is 16.8. The number of rotatable bonds is 6. The highest BCUT2D eigenvalue weighted by molar-refractivity contribution is 5.93. The van der Waals surface area contributed by atoms with Gasteiger partial charge in [-0.25, -0.2) is 0 Å². The third kappa shape index (κ3) is 3.72. The molecular formula is C15H19N5O3. The van der Waals surface area contributed by atoms with Crippen LogP contribution < -0.4 is 5.32 Å². The molecule has 3 heterocycles. The number of aromatic nitrogens is 4. The maximum absolute atomic E-state index is 12.1. The van der Waals surface area contributed by atoms with E-state index in [1.54, 1.807) is 13.2 Å². The highest BCUT2D eigenvalue weighted by Gasteiger charge is 2.25. The van der Waals surface area contributed by atoms with E-state index >= 15 is 0 Å². The lowest BCUT2D eigenvalue weighted by molar-refractivity contribution is 0.0382. The molecule has 0 aromatic carbocycles. The molecule has 0 saturated carbocycles. The lowest BCUT2D eigenvalue weighted by atomic mass is 10.1. The maximum Gasteiger partial charge on any atom is 0.253 e. The summed E-state index contributed by atoms with van der Waals surface area (Å²) < 4.78 is 12.7. The average molecular weight is 317 g/mol. The first-order chi connectivity index (χ1) is 11.3. The number of nitrogens with zero attached hydrogens (tertiary/aromatic N) is 4. The summed E-state index contributed by atoms with van der Waals surface area (Å²) in [6.45, 7) is 2.30. The van der Waals surface area contributed by atoms with Crippen molar-refractivity contribution < 1.29 is 14.3 Å². The molecule has 0 unspecified atom stereocenters. The third-order valence-electron chi connectivity index (χ3n) is 3.68. The van der Waals surface area contributed by atoms with E-state index in [0.29, 0.717) is 31.9 Å². The lowest BCUT2D eigenvalue weighted by Gasteiger charge is -2.22. The Balaban J connectivity index is 1.64. The van der Waals surface area contributed by atoms with Crippen molar-refractivity contribution in [3.05, 3.63) is 41.5 Å². The number of nitrogens with one attached hydrogen (secondary N) is 1. The quantitative estimate of drug-likeness (QED) is 0.827. The summed E-state index contributed by atoms with van der Waals surface area (Å²) in [5.41, 5.74) is 2.53. The van der Waals surface area contributed by atoms with E-state index in [2.05, 4.69) is 20.6 Å². The average Bonchev–Trinajstić information content (AvgIpc) is 3.02. The first-order valence-corrected chi connectivity index (χ1v) is 7.49. The van der Waals surface area contributed by atoms with E-state index in [0.717, 1.165) is 17.7 Å². The van der Waals surface area contributed by atoms with Crippen molar-refractivity contribution in [3.8, 4) is 0 Å². The molecule has 8 heteroatoms. The number of methoxy groups -OCH3 is 1. The molecule has 0 radical (unpaired) electrons. The van der Waals surface area contributed by atoms with E-state index < -0.39 is 0 Å². The van der Waals surface area contributed by atoms with Gasteiger partial charge in [-0.3, -0.25) is 9.48 Å². The fraction of sp³-hybridized carbons (Fsp3) is 0.467. The fourth-order valence-electron chi connectivity index (χ4n) is 2.50. The van der Waals surface area contributed by atoms with E-state index in [4.69, 9.17) is 9.47 Å². The van der Waals surface area contributed by atoms with Crippen molar-refractivity contribution in [3.63, 3.8) is 0 Å². The van der Waals surface area contributed by atoms with Gasteiger partial charge < -0.3 is 14.8 Å². The summed E-state index contributed by atoms with van der Waals surface area (Å²) in [6.07, 6.45) is 5.55. The van der Waals surface area contributed by atoms with Crippen LogP contribution in [-0.4, -0.2) is 52.8 Å². The number of fused-ring (bicyclic) bond motifs is 1. The largest absolute Gasteiger partial charge is 0.383 e. The Hall–Kier alpha value is -2.32. The SMILES string of the molecule is COCCn1cc2c(n1)[C@@H](CNC(=O)c1ccnnc1)OCC2. The van der Waals surface area contributed by atoms with Gasteiger partial charge in [0.25, 0.3) is 5.91 Å². The van der Waals surface area contributed by atoms with E-state index in [-0.39, 0.29) is 12.0 Å². The summed E-state index contributed by atoms with van der Waals surface area (Å²) in [6, 6.07) is 1.62.